The lowest BCUT2D eigenvalue weighted by Gasteiger charge is -2.24. The first kappa shape index (κ1) is 18.8. The van der Waals surface area contributed by atoms with E-state index in [1.807, 2.05) is 12.1 Å². The van der Waals surface area contributed by atoms with Crippen LogP contribution in [0.15, 0.2) is 23.3 Å². The SMILES string of the molecule is CCCCCCN(CCCCCC)c1ccc(N=C=S)cn1. The average Bonchev–Trinajstić information content (AvgIpc) is 2.55. The third kappa shape index (κ3) is 7.67. The summed E-state index contributed by atoms with van der Waals surface area (Å²) in [5.41, 5.74) is 0.774. The summed E-state index contributed by atoms with van der Waals surface area (Å²) in [6.45, 7) is 6.68. The van der Waals surface area contributed by atoms with Gasteiger partial charge in [0.1, 0.15) is 5.82 Å². The molecule has 0 radical (unpaired) electrons. The summed E-state index contributed by atoms with van der Waals surface area (Å²) in [4.78, 5) is 10.9. The second-order valence-electron chi connectivity index (χ2n) is 5.69. The molecule has 0 amide bonds. The fraction of sp³-hybridized carbons (Fsp3) is 0.667. The molecule has 0 N–H and O–H groups in total. The third-order valence-electron chi connectivity index (χ3n) is 3.79. The zero-order valence-electron chi connectivity index (χ0n) is 14.1. The third-order valence-corrected chi connectivity index (χ3v) is 3.89. The topological polar surface area (TPSA) is 28.5 Å². The molecule has 0 aliphatic rings. The normalized spacial score (nSPS) is 10.3. The summed E-state index contributed by atoms with van der Waals surface area (Å²) in [6.07, 6.45) is 12.0. The Labute approximate surface area is 140 Å². The number of anilines is 1. The maximum atomic E-state index is 4.63. The Bertz CT molecular complexity index is 426. The van der Waals surface area contributed by atoms with E-state index in [-0.39, 0.29) is 0 Å². The van der Waals surface area contributed by atoms with Crippen LogP contribution in [-0.4, -0.2) is 23.2 Å². The maximum absolute atomic E-state index is 4.63. The minimum absolute atomic E-state index is 0.774. The average molecular weight is 320 g/mol. The fourth-order valence-corrected chi connectivity index (χ4v) is 2.59. The molecule has 1 heterocycles. The van der Waals surface area contributed by atoms with Crippen LogP contribution in [0, 0.1) is 0 Å². The van der Waals surface area contributed by atoms with Gasteiger partial charge in [0.05, 0.1) is 17.0 Å². The summed E-state index contributed by atoms with van der Waals surface area (Å²) in [7, 11) is 0. The number of hydrogen-bond donors (Lipinski definition) is 0. The molecule has 122 valence electrons. The molecular weight excluding hydrogens is 290 g/mol. The first-order valence-corrected chi connectivity index (χ1v) is 9.01. The highest BCUT2D eigenvalue weighted by atomic mass is 32.1. The van der Waals surface area contributed by atoms with Crippen molar-refractivity contribution in [1.29, 1.82) is 0 Å². The number of thiocarbonyl (C=S) groups is 1. The smallest absolute Gasteiger partial charge is 0.128 e. The van der Waals surface area contributed by atoms with Crippen molar-refractivity contribution >= 4 is 28.9 Å². The molecule has 0 aromatic carbocycles. The van der Waals surface area contributed by atoms with Gasteiger partial charge in [0, 0.05) is 13.1 Å². The van der Waals surface area contributed by atoms with Crippen molar-refractivity contribution in [2.45, 2.75) is 65.2 Å². The van der Waals surface area contributed by atoms with E-state index in [9.17, 15) is 0 Å². The van der Waals surface area contributed by atoms with Crippen LogP contribution in [0.3, 0.4) is 0 Å². The molecule has 0 aliphatic heterocycles. The predicted molar refractivity (Wildman–Crippen MR) is 99.4 cm³/mol. The summed E-state index contributed by atoms with van der Waals surface area (Å²) in [5, 5.41) is 2.38. The van der Waals surface area contributed by atoms with Gasteiger partial charge in [-0.05, 0) is 37.2 Å². The Morgan fingerprint density at radius 2 is 1.64 bits per heavy atom. The zero-order chi connectivity index (χ0) is 16.0. The fourth-order valence-electron chi connectivity index (χ4n) is 2.48. The number of isothiocyanates is 1. The van der Waals surface area contributed by atoms with E-state index in [4.69, 9.17) is 0 Å². The van der Waals surface area contributed by atoms with Crippen LogP contribution in [-0.2, 0) is 0 Å². The summed E-state index contributed by atoms with van der Waals surface area (Å²) in [6, 6.07) is 4.01. The maximum Gasteiger partial charge on any atom is 0.128 e. The van der Waals surface area contributed by atoms with Gasteiger partial charge < -0.3 is 4.90 Å². The van der Waals surface area contributed by atoms with E-state index in [1.165, 1.54) is 51.4 Å². The van der Waals surface area contributed by atoms with Crippen molar-refractivity contribution in [3.8, 4) is 0 Å². The number of unbranched alkanes of at least 4 members (excludes halogenated alkanes) is 6. The minimum atomic E-state index is 0.774. The van der Waals surface area contributed by atoms with Crippen LogP contribution in [0.25, 0.3) is 0 Å². The van der Waals surface area contributed by atoms with Gasteiger partial charge >= 0.3 is 0 Å². The van der Waals surface area contributed by atoms with Crippen molar-refractivity contribution < 1.29 is 0 Å². The van der Waals surface area contributed by atoms with E-state index in [1.54, 1.807) is 6.20 Å². The number of rotatable bonds is 12. The van der Waals surface area contributed by atoms with Crippen molar-refractivity contribution in [2.24, 2.45) is 4.99 Å². The van der Waals surface area contributed by atoms with Gasteiger partial charge in [0.2, 0.25) is 0 Å². The van der Waals surface area contributed by atoms with E-state index in [2.05, 4.69) is 46.1 Å². The molecule has 1 rings (SSSR count). The number of pyridine rings is 1. The summed E-state index contributed by atoms with van der Waals surface area (Å²) < 4.78 is 0. The molecule has 1 aromatic heterocycles. The second-order valence-corrected chi connectivity index (χ2v) is 5.87. The van der Waals surface area contributed by atoms with Gasteiger partial charge in [0.25, 0.3) is 0 Å². The number of hydrogen-bond acceptors (Lipinski definition) is 4. The van der Waals surface area contributed by atoms with Crippen LogP contribution in [0.5, 0.6) is 0 Å². The van der Waals surface area contributed by atoms with E-state index in [0.717, 1.165) is 24.6 Å². The zero-order valence-corrected chi connectivity index (χ0v) is 14.9. The Morgan fingerprint density at radius 3 is 2.09 bits per heavy atom. The Kier molecular flexibility index (Phi) is 10.5. The molecule has 22 heavy (non-hydrogen) atoms. The monoisotopic (exact) mass is 319 g/mol. The van der Waals surface area contributed by atoms with Crippen LogP contribution < -0.4 is 4.90 Å². The summed E-state index contributed by atoms with van der Waals surface area (Å²) >= 11 is 4.63. The van der Waals surface area contributed by atoms with E-state index >= 15 is 0 Å². The van der Waals surface area contributed by atoms with Crippen molar-refractivity contribution in [3.63, 3.8) is 0 Å². The van der Waals surface area contributed by atoms with Crippen LogP contribution in [0.1, 0.15) is 65.2 Å². The molecule has 0 spiro atoms. The van der Waals surface area contributed by atoms with Crippen LogP contribution in [0.2, 0.25) is 0 Å². The minimum Gasteiger partial charge on any atom is -0.357 e. The molecule has 0 bridgehead atoms. The predicted octanol–water partition coefficient (Wildman–Crippen LogP) is 5.78. The molecular formula is C18H29N3S. The number of aromatic nitrogens is 1. The lowest BCUT2D eigenvalue weighted by molar-refractivity contribution is 0.605. The van der Waals surface area contributed by atoms with Gasteiger partial charge in [-0.2, -0.15) is 4.99 Å². The number of nitrogens with zero attached hydrogens (tertiary/aromatic N) is 3. The highest BCUT2D eigenvalue weighted by molar-refractivity contribution is 7.78. The van der Waals surface area contributed by atoms with Gasteiger partial charge in [0.15, 0.2) is 0 Å². The Morgan fingerprint density at radius 1 is 1.00 bits per heavy atom. The first-order valence-electron chi connectivity index (χ1n) is 8.60. The molecule has 0 saturated carbocycles. The first-order chi connectivity index (χ1) is 10.8. The largest absolute Gasteiger partial charge is 0.357 e. The van der Waals surface area contributed by atoms with Crippen LogP contribution in [0.4, 0.5) is 11.5 Å². The van der Waals surface area contributed by atoms with Crippen molar-refractivity contribution in [1.82, 2.24) is 4.98 Å². The second kappa shape index (κ2) is 12.3. The quantitative estimate of drug-likeness (QED) is 0.277. The van der Waals surface area contributed by atoms with Crippen LogP contribution >= 0.6 is 12.2 Å². The molecule has 0 atom stereocenters. The van der Waals surface area contributed by atoms with Gasteiger partial charge in [-0.25, -0.2) is 4.98 Å². The summed E-state index contributed by atoms with van der Waals surface area (Å²) in [5.74, 6) is 1.05. The molecule has 0 aliphatic carbocycles. The molecule has 4 heteroatoms. The van der Waals surface area contributed by atoms with Gasteiger partial charge in [-0.15, -0.1) is 0 Å². The highest BCUT2D eigenvalue weighted by Gasteiger charge is 2.07. The van der Waals surface area contributed by atoms with Gasteiger partial charge in [-0.1, -0.05) is 52.4 Å². The Hall–Kier alpha value is -1.25. The van der Waals surface area contributed by atoms with Crippen molar-refractivity contribution in [3.05, 3.63) is 18.3 Å². The standard InChI is InChI=1S/C18H29N3S/c1-3-5-7-9-13-21(14-10-8-6-4-2)18-12-11-17(15-19-18)20-16-22/h11-12,15H,3-10,13-14H2,1-2H3. The molecule has 0 saturated heterocycles. The molecule has 0 fully saturated rings. The van der Waals surface area contributed by atoms with E-state index in [0.29, 0.717) is 0 Å². The number of aliphatic imine (C=N–C) groups is 1. The lowest BCUT2D eigenvalue weighted by atomic mass is 10.1. The lowest BCUT2D eigenvalue weighted by Crippen LogP contribution is -2.26. The Balaban J connectivity index is 2.59. The van der Waals surface area contributed by atoms with Gasteiger partial charge in [-0.3, -0.25) is 0 Å². The van der Waals surface area contributed by atoms with E-state index < -0.39 is 0 Å². The molecule has 3 nitrogen and oxygen atoms in total. The molecule has 0 unspecified atom stereocenters. The highest BCUT2D eigenvalue weighted by Crippen LogP contribution is 2.18. The molecule has 1 aromatic rings. The van der Waals surface area contributed by atoms with Crippen molar-refractivity contribution in [2.75, 3.05) is 18.0 Å².